The van der Waals surface area contributed by atoms with Gasteiger partial charge in [-0.15, -0.1) is 22.0 Å². The van der Waals surface area contributed by atoms with Crippen LogP contribution < -0.4 is 10.0 Å². The molecule has 0 radical (unpaired) electrons. The van der Waals surface area contributed by atoms with Gasteiger partial charge in [-0.1, -0.05) is 54.1 Å². The van der Waals surface area contributed by atoms with Gasteiger partial charge in [0.2, 0.25) is 21.8 Å². The Bertz CT molecular complexity index is 1570. The Morgan fingerprint density at radius 2 is 1.74 bits per heavy atom. The Kier molecular flexibility index (Phi) is 8.29. The third kappa shape index (κ3) is 6.64. The molecule has 39 heavy (non-hydrogen) atoms. The molecule has 0 bridgehead atoms. The molecule has 1 saturated heterocycles. The number of thioether (sulfide) groups is 1. The molecule has 11 heteroatoms. The lowest BCUT2D eigenvalue weighted by Gasteiger charge is -2.36. The van der Waals surface area contributed by atoms with Gasteiger partial charge < -0.3 is 9.32 Å². The van der Waals surface area contributed by atoms with E-state index in [9.17, 15) is 8.42 Å². The molecule has 0 amide bonds. The number of halogens is 1. The van der Waals surface area contributed by atoms with Gasteiger partial charge >= 0.3 is 0 Å². The summed E-state index contributed by atoms with van der Waals surface area (Å²) in [7, 11) is -4.02. The van der Waals surface area contributed by atoms with Gasteiger partial charge in [-0.2, -0.15) is 0 Å². The van der Waals surface area contributed by atoms with Gasteiger partial charge in [-0.25, -0.2) is 13.6 Å². The van der Waals surface area contributed by atoms with Gasteiger partial charge in [0.15, 0.2) is 0 Å². The molecule has 8 nitrogen and oxygen atoms in total. The number of hydrogen-bond acceptors (Lipinski definition) is 8. The van der Waals surface area contributed by atoms with Crippen LogP contribution in [0.4, 0.5) is 5.69 Å². The summed E-state index contributed by atoms with van der Waals surface area (Å²) in [6.45, 7) is 8.26. The molecular formula is C28H30ClN5O3S2. The first-order valence-electron chi connectivity index (χ1n) is 12.6. The number of hydrogen-bond donors (Lipinski definition) is 1. The van der Waals surface area contributed by atoms with Crippen molar-refractivity contribution in [2.75, 3.05) is 31.1 Å². The van der Waals surface area contributed by atoms with E-state index in [1.165, 1.54) is 34.6 Å². The molecule has 0 unspecified atom stereocenters. The van der Waals surface area contributed by atoms with Crippen molar-refractivity contribution in [3.63, 3.8) is 0 Å². The summed E-state index contributed by atoms with van der Waals surface area (Å²) in [5, 5.41) is 14.2. The van der Waals surface area contributed by atoms with Crippen LogP contribution in [0.5, 0.6) is 0 Å². The van der Waals surface area contributed by atoms with E-state index in [1.807, 2.05) is 30.3 Å². The van der Waals surface area contributed by atoms with Crippen molar-refractivity contribution >= 4 is 39.1 Å². The van der Waals surface area contributed by atoms with Crippen LogP contribution in [-0.2, 0) is 22.3 Å². The summed E-state index contributed by atoms with van der Waals surface area (Å²) in [6.07, 6.45) is 0. The highest BCUT2D eigenvalue weighted by Gasteiger charge is 2.23. The second-order valence-corrected chi connectivity index (χ2v) is 12.6. The fourth-order valence-electron chi connectivity index (χ4n) is 4.59. The Balaban J connectivity index is 1.29. The molecule has 0 aliphatic carbocycles. The number of aromatic nitrogens is 2. The van der Waals surface area contributed by atoms with Crippen LogP contribution in [0.3, 0.4) is 0 Å². The van der Waals surface area contributed by atoms with Crippen molar-refractivity contribution in [3.8, 4) is 11.5 Å². The van der Waals surface area contributed by atoms with Gasteiger partial charge in [0.25, 0.3) is 0 Å². The molecule has 1 aliphatic rings. The van der Waals surface area contributed by atoms with E-state index in [4.69, 9.17) is 21.2 Å². The SMILES string of the molecule is Cc1ccc(C)c(N2CCN(Cc3nnc(-c4cc(S(N)(=O)=O)c(SCc5ccccc5)cc4Cl)o3)CC2)c1. The minimum Gasteiger partial charge on any atom is -0.419 e. The lowest BCUT2D eigenvalue weighted by Crippen LogP contribution is -2.46. The summed E-state index contributed by atoms with van der Waals surface area (Å²) in [4.78, 5) is 5.12. The average molecular weight is 584 g/mol. The zero-order valence-electron chi connectivity index (χ0n) is 21.8. The zero-order chi connectivity index (χ0) is 27.6. The summed E-state index contributed by atoms with van der Waals surface area (Å²) in [6, 6.07) is 19.3. The van der Waals surface area contributed by atoms with Crippen molar-refractivity contribution in [2.24, 2.45) is 5.14 Å². The van der Waals surface area contributed by atoms with E-state index in [0.717, 1.165) is 31.7 Å². The second kappa shape index (κ2) is 11.7. The van der Waals surface area contributed by atoms with Crippen molar-refractivity contribution in [1.29, 1.82) is 0 Å². The van der Waals surface area contributed by atoms with Crippen LogP contribution >= 0.6 is 23.4 Å². The number of nitrogens with two attached hydrogens (primary N) is 1. The first-order chi connectivity index (χ1) is 18.7. The fourth-order valence-corrected chi connectivity index (χ4v) is 6.97. The van der Waals surface area contributed by atoms with Crippen LogP contribution in [0.15, 0.2) is 74.9 Å². The summed E-state index contributed by atoms with van der Waals surface area (Å²) < 4.78 is 30.8. The van der Waals surface area contributed by atoms with E-state index in [0.29, 0.717) is 33.7 Å². The Morgan fingerprint density at radius 3 is 2.46 bits per heavy atom. The van der Waals surface area contributed by atoms with Crippen molar-refractivity contribution in [1.82, 2.24) is 15.1 Å². The topological polar surface area (TPSA) is 106 Å². The van der Waals surface area contributed by atoms with E-state index in [-0.39, 0.29) is 10.8 Å². The van der Waals surface area contributed by atoms with E-state index >= 15 is 0 Å². The van der Waals surface area contributed by atoms with Crippen LogP contribution in [0, 0.1) is 13.8 Å². The minimum atomic E-state index is -4.02. The highest BCUT2D eigenvalue weighted by molar-refractivity contribution is 7.99. The standard InChI is InChI=1S/C28H30ClN5O3S2/c1-19-8-9-20(2)24(14-19)34-12-10-33(11-13-34)17-27-31-32-28(37-27)22-15-26(39(30,35)36)25(16-23(22)29)38-18-21-6-4-3-5-7-21/h3-9,14-16H,10-13,17-18H2,1-2H3,(H2,30,35,36). The van der Waals surface area contributed by atoms with E-state index in [1.54, 1.807) is 6.07 Å². The average Bonchev–Trinajstić information content (AvgIpc) is 3.37. The molecule has 1 aromatic heterocycles. The van der Waals surface area contributed by atoms with Crippen molar-refractivity contribution < 1.29 is 12.8 Å². The molecule has 2 heterocycles. The minimum absolute atomic E-state index is 0.0230. The van der Waals surface area contributed by atoms with Gasteiger partial charge in [0, 0.05) is 42.5 Å². The third-order valence-electron chi connectivity index (χ3n) is 6.71. The van der Waals surface area contributed by atoms with Crippen LogP contribution in [0.1, 0.15) is 22.6 Å². The number of primary sulfonamides is 1. The molecule has 0 atom stereocenters. The molecule has 204 valence electrons. The van der Waals surface area contributed by atoms with Gasteiger partial charge in [0.1, 0.15) is 0 Å². The molecule has 2 N–H and O–H groups in total. The van der Waals surface area contributed by atoms with Gasteiger partial charge in [-0.05, 0) is 48.7 Å². The number of anilines is 1. The summed E-state index contributed by atoms with van der Waals surface area (Å²) >= 11 is 7.93. The Morgan fingerprint density at radius 1 is 1.00 bits per heavy atom. The molecule has 0 spiro atoms. The zero-order valence-corrected chi connectivity index (χ0v) is 24.2. The third-order valence-corrected chi connectivity index (χ3v) is 9.23. The van der Waals surface area contributed by atoms with Crippen LogP contribution in [0.2, 0.25) is 5.02 Å². The maximum Gasteiger partial charge on any atom is 0.249 e. The predicted octanol–water partition coefficient (Wildman–Crippen LogP) is 5.27. The number of aryl methyl sites for hydroxylation is 2. The molecular weight excluding hydrogens is 554 g/mol. The number of benzene rings is 3. The van der Waals surface area contributed by atoms with Crippen LogP contribution in [-0.4, -0.2) is 49.7 Å². The van der Waals surface area contributed by atoms with Gasteiger partial charge in [-0.3, -0.25) is 4.90 Å². The lowest BCUT2D eigenvalue weighted by molar-refractivity contribution is 0.227. The van der Waals surface area contributed by atoms with Crippen LogP contribution in [0.25, 0.3) is 11.5 Å². The molecule has 1 aliphatic heterocycles. The molecule has 0 saturated carbocycles. The predicted molar refractivity (Wildman–Crippen MR) is 156 cm³/mol. The van der Waals surface area contributed by atoms with E-state index < -0.39 is 10.0 Å². The van der Waals surface area contributed by atoms with Gasteiger partial charge in [0.05, 0.1) is 22.0 Å². The maximum absolute atomic E-state index is 12.4. The fraction of sp³-hybridized carbons (Fsp3) is 0.286. The van der Waals surface area contributed by atoms with E-state index in [2.05, 4.69) is 52.0 Å². The van der Waals surface area contributed by atoms with Crippen molar-refractivity contribution in [2.45, 2.75) is 35.9 Å². The quantitative estimate of drug-likeness (QED) is 0.280. The Hall–Kier alpha value is -2.89. The Labute approximate surface area is 238 Å². The number of nitrogens with zero attached hydrogens (tertiary/aromatic N) is 4. The first-order valence-corrected chi connectivity index (χ1v) is 15.5. The summed E-state index contributed by atoms with van der Waals surface area (Å²) in [5.74, 6) is 1.18. The lowest BCUT2D eigenvalue weighted by atomic mass is 10.1. The smallest absolute Gasteiger partial charge is 0.249 e. The second-order valence-electron chi connectivity index (χ2n) is 9.65. The highest BCUT2D eigenvalue weighted by atomic mass is 35.5. The molecule has 3 aromatic carbocycles. The number of rotatable bonds is 8. The molecule has 5 rings (SSSR count). The number of piperazine rings is 1. The first kappa shape index (κ1) is 27.7. The normalized spacial score (nSPS) is 14.6. The molecule has 1 fully saturated rings. The largest absolute Gasteiger partial charge is 0.419 e. The maximum atomic E-state index is 12.4. The van der Waals surface area contributed by atoms with Crippen molar-refractivity contribution in [3.05, 3.63) is 88.3 Å². The highest BCUT2D eigenvalue weighted by Crippen LogP contribution is 2.37. The number of sulfonamides is 1. The summed E-state index contributed by atoms with van der Waals surface area (Å²) in [5.41, 5.74) is 5.20. The molecule has 4 aromatic rings. The monoisotopic (exact) mass is 583 g/mol.